The van der Waals surface area contributed by atoms with Crippen molar-refractivity contribution in [1.82, 2.24) is 0 Å². The van der Waals surface area contributed by atoms with Gasteiger partial charge in [0.15, 0.2) is 17.2 Å². The molecule has 0 unspecified atom stereocenters. The fourth-order valence-corrected chi connectivity index (χ4v) is 2.36. The Hall–Kier alpha value is -2.57. The van der Waals surface area contributed by atoms with Crippen LogP contribution in [0, 0.1) is 22.5 Å². The molecule has 0 atom stereocenters. The molecule has 7 nitrogen and oxygen atoms in total. The van der Waals surface area contributed by atoms with E-state index in [1.807, 2.05) is 13.8 Å². The number of aliphatic hydroxyl groups is 1. The Bertz CT molecular complexity index is 705. The lowest BCUT2D eigenvalue weighted by atomic mass is 9.78. The Balaban J connectivity index is 2.37. The van der Waals surface area contributed by atoms with Crippen LogP contribution in [0.4, 0.5) is 11.4 Å². The van der Waals surface area contributed by atoms with Crippen LogP contribution in [-0.4, -0.2) is 15.8 Å². The highest BCUT2D eigenvalue weighted by molar-refractivity contribution is 5.96. The Morgan fingerprint density at radius 3 is 2.55 bits per heavy atom. The number of nitrogens with zero attached hydrogens (tertiary/aromatic N) is 3. The first-order valence-corrected chi connectivity index (χ1v) is 6.82. The van der Waals surface area contributed by atoms with Crippen molar-refractivity contribution in [2.45, 2.75) is 33.6 Å². The van der Waals surface area contributed by atoms with Gasteiger partial charge in [0.2, 0.25) is 0 Å². The Kier molecular flexibility index (Phi) is 4.07. The number of ketones is 1. The van der Waals surface area contributed by atoms with Gasteiger partial charge in [-0.15, -0.1) is 10.2 Å². The van der Waals surface area contributed by atoms with Gasteiger partial charge in [-0.05, 0) is 24.0 Å². The van der Waals surface area contributed by atoms with E-state index in [4.69, 9.17) is 0 Å². The molecule has 116 valence electrons. The number of nitro benzene ring substituents is 1. The summed E-state index contributed by atoms with van der Waals surface area (Å²) in [7, 11) is 0. The van der Waals surface area contributed by atoms with Crippen molar-refractivity contribution in [1.29, 1.82) is 0 Å². The molecule has 0 saturated heterocycles. The number of azo groups is 1. The average Bonchev–Trinajstić information content (AvgIpc) is 2.37. The number of nitro groups is 1. The minimum absolute atomic E-state index is 0.0496. The van der Waals surface area contributed by atoms with Crippen molar-refractivity contribution >= 4 is 17.2 Å². The number of aliphatic hydroxyl groups excluding tert-OH is 1. The molecule has 0 fully saturated rings. The number of rotatable bonds is 3. The van der Waals surface area contributed by atoms with E-state index in [0.29, 0.717) is 6.42 Å². The predicted molar refractivity (Wildman–Crippen MR) is 80.0 cm³/mol. The zero-order valence-electron chi connectivity index (χ0n) is 12.7. The molecular weight excluding hydrogens is 286 g/mol. The minimum atomic E-state index is -0.554. The number of aryl methyl sites for hydroxylation is 1. The SMILES string of the molecule is Cc1ccc(N=NC2=C(O)CC(C)(C)CC2=O)c([N+](=O)[O-])c1. The van der Waals surface area contributed by atoms with Crippen LogP contribution in [-0.2, 0) is 4.79 Å². The molecule has 1 aromatic carbocycles. The van der Waals surface area contributed by atoms with Gasteiger partial charge < -0.3 is 5.11 Å². The van der Waals surface area contributed by atoms with Gasteiger partial charge in [-0.2, -0.15) is 0 Å². The number of carbonyl (C=O) groups excluding carboxylic acids is 1. The third-order valence-corrected chi connectivity index (χ3v) is 3.41. The van der Waals surface area contributed by atoms with E-state index < -0.39 is 4.92 Å². The molecule has 7 heteroatoms. The molecule has 0 amide bonds. The fraction of sp³-hybridized carbons (Fsp3) is 0.400. The van der Waals surface area contributed by atoms with Crippen LogP contribution < -0.4 is 0 Å². The smallest absolute Gasteiger partial charge is 0.296 e. The number of Topliss-reactive ketones (excluding diaryl/α,β-unsaturated/α-hetero) is 1. The largest absolute Gasteiger partial charge is 0.510 e. The average molecular weight is 303 g/mol. The summed E-state index contributed by atoms with van der Waals surface area (Å²) in [6, 6.07) is 4.52. The normalized spacial score (nSPS) is 18.0. The van der Waals surface area contributed by atoms with Gasteiger partial charge in [0.1, 0.15) is 5.76 Å². The number of benzene rings is 1. The second-order valence-electron chi connectivity index (χ2n) is 6.19. The molecule has 0 radical (unpaired) electrons. The molecule has 22 heavy (non-hydrogen) atoms. The second-order valence-corrected chi connectivity index (χ2v) is 6.19. The van der Waals surface area contributed by atoms with Gasteiger partial charge in [0.25, 0.3) is 5.69 Å². The number of hydrogen-bond acceptors (Lipinski definition) is 6. The fourth-order valence-electron chi connectivity index (χ4n) is 2.36. The third kappa shape index (κ3) is 3.36. The maximum Gasteiger partial charge on any atom is 0.296 e. The standard InChI is InChI=1S/C15H17N3O4/c1-9-4-5-10(11(6-9)18(21)22)16-17-14-12(19)7-15(2,3)8-13(14)20/h4-6,19H,7-8H2,1-3H3. The lowest BCUT2D eigenvalue weighted by Crippen LogP contribution is -2.25. The maximum atomic E-state index is 12.0. The van der Waals surface area contributed by atoms with Crippen LogP contribution >= 0.6 is 0 Å². The van der Waals surface area contributed by atoms with Crippen molar-refractivity contribution in [3.63, 3.8) is 0 Å². The molecule has 0 saturated carbocycles. The predicted octanol–water partition coefficient (Wildman–Crippen LogP) is 4.15. The summed E-state index contributed by atoms with van der Waals surface area (Å²) in [6.45, 7) is 5.48. The van der Waals surface area contributed by atoms with Gasteiger partial charge in [-0.1, -0.05) is 19.9 Å². The molecular formula is C15H17N3O4. The molecule has 1 aliphatic rings. The van der Waals surface area contributed by atoms with Crippen LogP contribution in [0.2, 0.25) is 0 Å². The zero-order chi connectivity index (χ0) is 16.5. The summed E-state index contributed by atoms with van der Waals surface area (Å²) in [5, 5.41) is 28.5. The number of allylic oxidation sites excluding steroid dienone is 2. The van der Waals surface area contributed by atoms with Crippen molar-refractivity contribution in [3.8, 4) is 0 Å². The van der Waals surface area contributed by atoms with E-state index in [1.54, 1.807) is 13.0 Å². The maximum absolute atomic E-state index is 12.0. The van der Waals surface area contributed by atoms with Gasteiger partial charge in [0, 0.05) is 18.9 Å². The van der Waals surface area contributed by atoms with E-state index in [1.165, 1.54) is 12.1 Å². The van der Waals surface area contributed by atoms with E-state index in [2.05, 4.69) is 10.2 Å². The molecule has 0 aromatic heterocycles. The monoisotopic (exact) mass is 303 g/mol. The molecule has 2 rings (SSSR count). The molecule has 1 aromatic rings. The highest BCUT2D eigenvalue weighted by Gasteiger charge is 2.33. The van der Waals surface area contributed by atoms with Gasteiger partial charge in [-0.3, -0.25) is 14.9 Å². The van der Waals surface area contributed by atoms with E-state index in [-0.39, 0.29) is 40.5 Å². The molecule has 0 heterocycles. The molecule has 1 N–H and O–H groups in total. The van der Waals surface area contributed by atoms with Crippen molar-refractivity contribution in [3.05, 3.63) is 45.3 Å². The summed E-state index contributed by atoms with van der Waals surface area (Å²) in [5.74, 6) is -0.438. The first-order chi connectivity index (χ1) is 10.2. The Morgan fingerprint density at radius 1 is 1.27 bits per heavy atom. The van der Waals surface area contributed by atoms with Crippen molar-refractivity contribution in [2.75, 3.05) is 0 Å². The van der Waals surface area contributed by atoms with E-state index >= 15 is 0 Å². The quantitative estimate of drug-likeness (QED) is 0.514. The third-order valence-electron chi connectivity index (χ3n) is 3.41. The summed E-state index contributed by atoms with van der Waals surface area (Å²) < 4.78 is 0. The molecule has 1 aliphatic carbocycles. The summed E-state index contributed by atoms with van der Waals surface area (Å²) in [5.41, 5.74) is 0.147. The van der Waals surface area contributed by atoms with Crippen LogP contribution in [0.5, 0.6) is 0 Å². The van der Waals surface area contributed by atoms with Gasteiger partial charge in [-0.25, -0.2) is 0 Å². The summed E-state index contributed by atoms with van der Waals surface area (Å²) in [6.07, 6.45) is 0.574. The topological polar surface area (TPSA) is 105 Å². The van der Waals surface area contributed by atoms with Gasteiger partial charge in [0.05, 0.1) is 4.92 Å². The van der Waals surface area contributed by atoms with E-state index in [0.717, 1.165) is 5.56 Å². The molecule has 0 aliphatic heterocycles. The number of carbonyl (C=O) groups is 1. The Labute approximate surface area is 127 Å². The first kappa shape index (κ1) is 15.8. The van der Waals surface area contributed by atoms with Gasteiger partial charge >= 0.3 is 0 Å². The second kappa shape index (κ2) is 5.67. The van der Waals surface area contributed by atoms with Crippen LogP contribution in [0.15, 0.2) is 39.9 Å². The highest BCUT2D eigenvalue weighted by Crippen LogP contribution is 2.37. The molecule has 0 bridgehead atoms. The highest BCUT2D eigenvalue weighted by atomic mass is 16.6. The van der Waals surface area contributed by atoms with Crippen LogP contribution in [0.3, 0.4) is 0 Å². The summed E-state index contributed by atoms with van der Waals surface area (Å²) in [4.78, 5) is 22.5. The lowest BCUT2D eigenvalue weighted by Gasteiger charge is -2.27. The summed E-state index contributed by atoms with van der Waals surface area (Å²) >= 11 is 0. The van der Waals surface area contributed by atoms with Crippen molar-refractivity contribution < 1.29 is 14.8 Å². The Morgan fingerprint density at radius 2 is 1.95 bits per heavy atom. The molecule has 0 spiro atoms. The van der Waals surface area contributed by atoms with Crippen LogP contribution in [0.25, 0.3) is 0 Å². The van der Waals surface area contributed by atoms with E-state index in [9.17, 15) is 20.0 Å². The zero-order valence-corrected chi connectivity index (χ0v) is 12.7. The van der Waals surface area contributed by atoms with Crippen LogP contribution in [0.1, 0.15) is 32.3 Å². The number of hydrogen-bond donors (Lipinski definition) is 1. The minimum Gasteiger partial charge on any atom is -0.510 e. The van der Waals surface area contributed by atoms with Crippen molar-refractivity contribution in [2.24, 2.45) is 15.6 Å². The first-order valence-electron chi connectivity index (χ1n) is 6.82. The lowest BCUT2D eigenvalue weighted by molar-refractivity contribution is -0.384.